The first-order chi connectivity index (χ1) is 12.1. The zero-order valence-electron chi connectivity index (χ0n) is 15.9. The molecule has 1 saturated heterocycles. The Hall–Kier alpha value is -1.15. The van der Waals surface area contributed by atoms with Gasteiger partial charge in [0.1, 0.15) is 5.78 Å². The molecule has 148 valence electrons. The number of amides is 1. The highest BCUT2D eigenvalue weighted by Gasteiger charge is 2.65. The van der Waals surface area contributed by atoms with Crippen LogP contribution >= 0.6 is 0 Å². The minimum absolute atomic E-state index is 0.0939. The van der Waals surface area contributed by atoms with Gasteiger partial charge in [0.15, 0.2) is 0 Å². The van der Waals surface area contributed by atoms with Gasteiger partial charge in [0.05, 0.1) is 12.9 Å². The molecule has 0 aromatic rings. The summed E-state index contributed by atoms with van der Waals surface area (Å²) in [5, 5.41) is 0. The Morgan fingerprint density at radius 3 is 2.42 bits per heavy atom. The number of hydrogen-bond acceptors (Lipinski definition) is 5. The Balaban J connectivity index is 1.56. The van der Waals surface area contributed by atoms with Crippen molar-refractivity contribution in [3.05, 3.63) is 0 Å². The number of hydrogen-bond donors (Lipinski definition) is 1. The monoisotopic (exact) mass is 386 g/mol. The number of methoxy groups -OCH3 is 1. The minimum atomic E-state index is -3.52. The topological polar surface area (TPSA) is 92.8 Å². The lowest BCUT2D eigenvalue weighted by atomic mass is 9.70. The number of Topliss-reactive ketones (excluding diaryl/α,β-unsaturated/α-hetero) is 1. The van der Waals surface area contributed by atoms with Crippen LogP contribution in [0.15, 0.2) is 0 Å². The van der Waals surface area contributed by atoms with Gasteiger partial charge in [-0.25, -0.2) is 17.9 Å². The molecule has 2 bridgehead atoms. The van der Waals surface area contributed by atoms with Crippen LogP contribution in [0.5, 0.6) is 0 Å². The van der Waals surface area contributed by atoms with Crippen LogP contribution in [0.3, 0.4) is 0 Å². The molecule has 0 unspecified atom stereocenters. The maximum atomic E-state index is 12.7. The quantitative estimate of drug-likeness (QED) is 0.777. The lowest BCUT2D eigenvalue weighted by Crippen LogP contribution is -2.47. The molecule has 3 rings (SSSR count). The van der Waals surface area contributed by atoms with Gasteiger partial charge in [-0.1, -0.05) is 13.8 Å². The second kappa shape index (κ2) is 6.78. The average molecular weight is 387 g/mol. The number of rotatable bonds is 5. The molecule has 0 aromatic carbocycles. The van der Waals surface area contributed by atoms with E-state index in [-0.39, 0.29) is 29.0 Å². The van der Waals surface area contributed by atoms with Crippen LogP contribution in [0.25, 0.3) is 0 Å². The van der Waals surface area contributed by atoms with Crippen molar-refractivity contribution in [1.82, 2.24) is 9.62 Å². The van der Waals surface area contributed by atoms with E-state index in [4.69, 9.17) is 4.74 Å². The van der Waals surface area contributed by atoms with Crippen LogP contribution in [-0.2, 0) is 19.6 Å². The Morgan fingerprint density at radius 1 is 1.27 bits per heavy atom. The first-order valence-corrected chi connectivity index (χ1v) is 11.1. The third-order valence-corrected chi connectivity index (χ3v) is 8.69. The normalized spacial score (nSPS) is 31.4. The van der Waals surface area contributed by atoms with Gasteiger partial charge in [-0.15, -0.1) is 0 Å². The fraction of sp³-hybridized carbons (Fsp3) is 0.889. The summed E-state index contributed by atoms with van der Waals surface area (Å²) in [4.78, 5) is 25.7. The Kier molecular flexibility index (Phi) is 5.11. The number of nitrogens with one attached hydrogen (secondary N) is 1. The van der Waals surface area contributed by atoms with E-state index in [2.05, 4.69) is 4.72 Å². The van der Waals surface area contributed by atoms with E-state index in [0.29, 0.717) is 38.4 Å². The van der Waals surface area contributed by atoms with Crippen molar-refractivity contribution in [2.24, 2.45) is 22.7 Å². The molecular formula is C18H30N2O5S. The maximum absolute atomic E-state index is 12.7. The Bertz CT molecular complexity index is 682. The molecule has 0 spiro atoms. The van der Waals surface area contributed by atoms with Crippen LogP contribution < -0.4 is 4.72 Å². The molecule has 1 aliphatic heterocycles. The fourth-order valence-corrected chi connectivity index (χ4v) is 7.09. The van der Waals surface area contributed by atoms with Crippen LogP contribution in [0.1, 0.15) is 46.0 Å². The van der Waals surface area contributed by atoms with Crippen molar-refractivity contribution in [3.8, 4) is 0 Å². The van der Waals surface area contributed by atoms with Gasteiger partial charge in [0, 0.05) is 31.5 Å². The Labute approximate surface area is 155 Å². The standard InChI is InChI=1S/C18H30N2O5S/c1-17(2)14-4-7-18(17,15(21)10-14)12-26(23,24)19-11-13-5-8-20(9-6-13)16(22)25-3/h13-14,19H,4-12H2,1-3H3/t14-,18-/m0/s1. The van der Waals surface area contributed by atoms with Crippen molar-refractivity contribution in [1.29, 1.82) is 0 Å². The summed E-state index contributed by atoms with van der Waals surface area (Å²) in [5.74, 6) is 0.540. The van der Waals surface area contributed by atoms with E-state index < -0.39 is 15.4 Å². The van der Waals surface area contributed by atoms with Gasteiger partial charge >= 0.3 is 6.09 Å². The summed E-state index contributed by atoms with van der Waals surface area (Å²) in [5.41, 5.74) is -0.970. The highest BCUT2D eigenvalue weighted by molar-refractivity contribution is 7.89. The van der Waals surface area contributed by atoms with Crippen molar-refractivity contribution < 1.29 is 22.7 Å². The molecule has 3 fully saturated rings. The summed E-state index contributed by atoms with van der Waals surface area (Å²) in [6, 6.07) is 0. The summed E-state index contributed by atoms with van der Waals surface area (Å²) in [7, 11) is -2.16. The molecule has 0 radical (unpaired) electrons. The van der Waals surface area contributed by atoms with E-state index in [1.165, 1.54) is 7.11 Å². The molecule has 26 heavy (non-hydrogen) atoms. The van der Waals surface area contributed by atoms with Gasteiger partial charge < -0.3 is 9.64 Å². The van der Waals surface area contributed by atoms with E-state index in [9.17, 15) is 18.0 Å². The maximum Gasteiger partial charge on any atom is 0.409 e. The highest BCUT2D eigenvalue weighted by Crippen LogP contribution is 2.64. The van der Waals surface area contributed by atoms with Gasteiger partial charge in [-0.05, 0) is 42.9 Å². The summed E-state index contributed by atoms with van der Waals surface area (Å²) in [6.45, 7) is 5.62. The van der Waals surface area contributed by atoms with Crippen LogP contribution in [0.2, 0.25) is 0 Å². The minimum Gasteiger partial charge on any atom is -0.453 e. The van der Waals surface area contributed by atoms with Crippen LogP contribution in [0.4, 0.5) is 4.79 Å². The number of carbonyl (C=O) groups excluding carboxylic acids is 2. The van der Waals surface area contributed by atoms with Crippen molar-refractivity contribution >= 4 is 21.9 Å². The predicted octanol–water partition coefficient (Wildman–Crippen LogP) is 1.78. The molecule has 0 aromatic heterocycles. The number of ether oxygens (including phenoxy) is 1. The van der Waals surface area contributed by atoms with Gasteiger partial charge in [0.25, 0.3) is 0 Å². The van der Waals surface area contributed by atoms with Gasteiger partial charge in [0.2, 0.25) is 10.0 Å². The summed E-state index contributed by atoms with van der Waals surface area (Å²) >= 11 is 0. The summed E-state index contributed by atoms with van der Waals surface area (Å²) in [6.07, 6.45) is 3.31. The van der Waals surface area contributed by atoms with E-state index >= 15 is 0 Å². The van der Waals surface area contributed by atoms with E-state index in [1.54, 1.807) is 4.90 Å². The second-order valence-electron chi connectivity index (χ2n) is 8.67. The number of ketones is 1. The number of nitrogens with zero attached hydrogens (tertiary/aromatic N) is 1. The van der Waals surface area contributed by atoms with Gasteiger partial charge in [-0.3, -0.25) is 4.79 Å². The van der Waals surface area contributed by atoms with E-state index in [0.717, 1.165) is 19.3 Å². The third-order valence-electron chi connectivity index (χ3n) is 7.21. The highest BCUT2D eigenvalue weighted by atomic mass is 32.2. The van der Waals surface area contributed by atoms with Crippen LogP contribution in [-0.4, -0.2) is 57.7 Å². The molecule has 1 heterocycles. The largest absolute Gasteiger partial charge is 0.453 e. The number of fused-ring (bicyclic) bond motifs is 2. The Morgan fingerprint density at radius 2 is 1.92 bits per heavy atom. The lowest BCUT2D eigenvalue weighted by molar-refractivity contribution is -0.128. The molecule has 1 N–H and O–H groups in total. The smallest absolute Gasteiger partial charge is 0.409 e. The molecule has 3 aliphatic rings. The molecule has 2 aliphatic carbocycles. The molecule has 7 nitrogen and oxygen atoms in total. The van der Waals surface area contributed by atoms with Gasteiger partial charge in [-0.2, -0.15) is 0 Å². The first-order valence-electron chi connectivity index (χ1n) is 9.45. The molecule has 2 atom stereocenters. The van der Waals surface area contributed by atoms with Crippen LogP contribution in [0, 0.1) is 22.7 Å². The first kappa shape index (κ1) is 19.6. The number of likely N-dealkylation sites (tertiary alicyclic amines) is 1. The van der Waals surface area contributed by atoms with E-state index in [1.807, 2.05) is 13.8 Å². The molecule has 8 heteroatoms. The SMILES string of the molecule is COC(=O)N1CCC(CNS(=O)(=O)C[C@@]23CC[C@@H](CC2=O)C3(C)C)CC1. The lowest BCUT2D eigenvalue weighted by Gasteiger charge is -2.36. The van der Waals surface area contributed by atoms with Crippen molar-refractivity contribution in [2.45, 2.75) is 46.0 Å². The number of piperidine rings is 1. The summed E-state index contributed by atoms with van der Waals surface area (Å²) < 4.78 is 32.9. The zero-order chi connectivity index (χ0) is 19.2. The second-order valence-corrected chi connectivity index (χ2v) is 10.5. The molecule has 1 amide bonds. The molecule has 2 saturated carbocycles. The average Bonchev–Trinajstić information content (AvgIpc) is 2.93. The predicted molar refractivity (Wildman–Crippen MR) is 97.1 cm³/mol. The number of sulfonamides is 1. The third kappa shape index (κ3) is 3.26. The number of carbonyl (C=O) groups is 2. The van der Waals surface area contributed by atoms with Crippen molar-refractivity contribution in [3.63, 3.8) is 0 Å². The zero-order valence-corrected chi connectivity index (χ0v) is 16.7. The fourth-order valence-electron chi connectivity index (χ4n) is 5.18. The van der Waals surface area contributed by atoms with Crippen molar-refractivity contribution in [2.75, 3.05) is 32.5 Å². The molecular weight excluding hydrogens is 356 g/mol.